The number of benzene rings is 1. The normalized spacial score (nSPS) is 17.3. The quantitative estimate of drug-likeness (QED) is 0.802. The van der Waals surface area contributed by atoms with E-state index in [1.807, 2.05) is 4.90 Å². The van der Waals surface area contributed by atoms with Gasteiger partial charge in [-0.15, -0.1) is 11.3 Å². The van der Waals surface area contributed by atoms with Crippen molar-refractivity contribution in [3.05, 3.63) is 51.9 Å². The molecule has 1 fully saturated rings. The zero-order valence-electron chi connectivity index (χ0n) is 12.6. The van der Waals surface area contributed by atoms with Gasteiger partial charge in [0, 0.05) is 38.3 Å². The molecule has 0 aliphatic carbocycles. The van der Waals surface area contributed by atoms with E-state index in [0.717, 1.165) is 23.5 Å². The number of thiophene rings is 1. The minimum absolute atomic E-state index is 0.220. The summed E-state index contributed by atoms with van der Waals surface area (Å²) < 4.78 is 54.0. The first-order chi connectivity index (χ1) is 11.4. The highest BCUT2D eigenvalue weighted by molar-refractivity contribution is 7.91. The van der Waals surface area contributed by atoms with E-state index in [0.29, 0.717) is 30.5 Å². The van der Waals surface area contributed by atoms with Crippen molar-refractivity contribution in [3.8, 4) is 0 Å². The molecule has 4 nitrogen and oxygen atoms in total. The van der Waals surface area contributed by atoms with Crippen molar-refractivity contribution in [1.82, 2.24) is 9.21 Å². The number of nitrogens with zero attached hydrogens (tertiary/aromatic N) is 2. The molecule has 2 heterocycles. The molecule has 0 saturated carbocycles. The highest BCUT2D eigenvalue weighted by Gasteiger charge is 2.29. The summed E-state index contributed by atoms with van der Waals surface area (Å²) in [5.41, 5.74) is 0.274. The standard InChI is InChI=1S/C15H15ClF2N2O2S2/c16-14-3-4-15(23-14)24(21,22)20-7-5-19(6-8-20)10-11-9-12(17)1-2-13(11)18/h1-4,9H,5-8,10H2. The average Bonchev–Trinajstić information content (AvgIpc) is 2.99. The van der Waals surface area contributed by atoms with E-state index >= 15 is 0 Å². The lowest BCUT2D eigenvalue weighted by Crippen LogP contribution is -2.48. The van der Waals surface area contributed by atoms with Crippen LogP contribution in [0.1, 0.15) is 5.56 Å². The summed E-state index contributed by atoms with van der Waals surface area (Å²) >= 11 is 6.83. The molecule has 1 aromatic heterocycles. The number of hydrogen-bond acceptors (Lipinski definition) is 4. The summed E-state index contributed by atoms with van der Waals surface area (Å²) in [7, 11) is -3.55. The van der Waals surface area contributed by atoms with Gasteiger partial charge in [-0.05, 0) is 30.3 Å². The van der Waals surface area contributed by atoms with E-state index in [4.69, 9.17) is 11.6 Å². The minimum Gasteiger partial charge on any atom is -0.296 e. The van der Waals surface area contributed by atoms with E-state index < -0.39 is 21.7 Å². The Morgan fingerprint density at radius 2 is 1.79 bits per heavy atom. The maximum atomic E-state index is 13.7. The monoisotopic (exact) mass is 392 g/mol. The molecular weight excluding hydrogens is 378 g/mol. The predicted molar refractivity (Wildman–Crippen MR) is 89.7 cm³/mol. The van der Waals surface area contributed by atoms with Crippen molar-refractivity contribution in [1.29, 1.82) is 0 Å². The molecule has 130 valence electrons. The van der Waals surface area contributed by atoms with Crippen molar-refractivity contribution >= 4 is 33.0 Å². The number of halogens is 3. The molecule has 1 aliphatic heterocycles. The van der Waals surface area contributed by atoms with Crippen LogP contribution in [0.15, 0.2) is 34.5 Å². The minimum atomic E-state index is -3.55. The Kier molecular flexibility index (Phi) is 5.22. The van der Waals surface area contributed by atoms with Crippen molar-refractivity contribution in [2.24, 2.45) is 0 Å². The zero-order chi connectivity index (χ0) is 17.3. The van der Waals surface area contributed by atoms with Crippen molar-refractivity contribution in [2.45, 2.75) is 10.8 Å². The van der Waals surface area contributed by atoms with Crippen LogP contribution in [-0.4, -0.2) is 43.8 Å². The van der Waals surface area contributed by atoms with Gasteiger partial charge in [0.05, 0.1) is 4.34 Å². The van der Waals surface area contributed by atoms with Crippen LogP contribution in [0, 0.1) is 11.6 Å². The largest absolute Gasteiger partial charge is 0.296 e. The van der Waals surface area contributed by atoms with E-state index in [1.54, 1.807) is 6.07 Å². The van der Waals surface area contributed by atoms with Crippen LogP contribution in [0.3, 0.4) is 0 Å². The van der Waals surface area contributed by atoms with Gasteiger partial charge in [0.15, 0.2) is 0 Å². The molecule has 0 amide bonds. The van der Waals surface area contributed by atoms with Crippen molar-refractivity contribution < 1.29 is 17.2 Å². The lowest BCUT2D eigenvalue weighted by Gasteiger charge is -2.33. The molecule has 0 unspecified atom stereocenters. The maximum absolute atomic E-state index is 13.7. The lowest BCUT2D eigenvalue weighted by atomic mass is 10.2. The Bertz CT molecular complexity index is 834. The first kappa shape index (κ1) is 17.8. The molecule has 0 radical (unpaired) electrons. The molecule has 1 aromatic carbocycles. The van der Waals surface area contributed by atoms with Gasteiger partial charge in [-0.3, -0.25) is 4.90 Å². The molecule has 0 spiro atoms. The Hall–Kier alpha value is -1.06. The fraction of sp³-hybridized carbons (Fsp3) is 0.333. The summed E-state index contributed by atoms with van der Waals surface area (Å²) in [6.45, 7) is 1.76. The zero-order valence-corrected chi connectivity index (χ0v) is 15.0. The Labute approximate surface area is 148 Å². The second kappa shape index (κ2) is 7.05. The fourth-order valence-electron chi connectivity index (χ4n) is 2.60. The van der Waals surface area contributed by atoms with Crippen molar-refractivity contribution in [2.75, 3.05) is 26.2 Å². The number of hydrogen-bond donors (Lipinski definition) is 0. The van der Waals surface area contributed by atoms with Gasteiger partial charge in [0.1, 0.15) is 15.8 Å². The molecular formula is C15H15ClF2N2O2S2. The fourth-order valence-corrected chi connectivity index (χ4v) is 5.66. The van der Waals surface area contributed by atoms with Crippen LogP contribution in [-0.2, 0) is 16.6 Å². The molecule has 9 heteroatoms. The van der Waals surface area contributed by atoms with Crippen LogP contribution in [0.4, 0.5) is 8.78 Å². The average molecular weight is 393 g/mol. The van der Waals surface area contributed by atoms with Gasteiger partial charge < -0.3 is 0 Å². The third-order valence-corrected chi connectivity index (χ3v) is 7.47. The molecule has 0 N–H and O–H groups in total. The summed E-state index contributed by atoms with van der Waals surface area (Å²) in [6, 6.07) is 6.41. The van der Waals surface area contributed by atoms with Crippen LogP contribution < -0.4 is 0 Å². The van der Waals surface area contributed by atoms with Crippen LogP contribution in [0.25, 0.3) is 0 Å². The van der Waals surface area contributed by atoms with E-state index in [9.17, 15) is 17.2 Å². The van der Waals surface area contributed by atoms with Gasteiger partial charge >= 0.3 is 0 Å². The summed E-state index contributed by atoms with van der Waals surface area (Å²) in [5, 5.41) is 0. The maximum Gasteiger partial charge on any atom is 0.252 e. The molecule has 1 saturated heterocycles. The number of sulfonamides is 1. The van der Waals surface area contributed by atoms with E-state index in [1.165, 1.54) is 16.4 Å². The molecule has 3 rings (SSSR count). The van der Waals surface area contributed by atoms with Crippen LogP contribution >= 0.6 is 22.9 Å². The smallest absolute Gasteiger partial charge is 0.252 e. The molecule has 0 atom stereocenters. The highest BCUT2D eigenvalue weighted by atomic mass is 35.5. The molecule has 0 bridgehead atoms. The van der Waals surface area contributed by atoms with Crippen LogP contribution in [0.2, 0.25) is 4.34 Å². The summed E-state index contributed by atoms with van der Waals surface area (Å²) in [6.07, 6.45) is 0. The summed E-state index contributed by atoms with van der Waals surface area (Å²) in [5.74, 6) is -0.943. The highest BCUT2D eigenvalue weighted by Crippen LogP contribution is 2.28. The molecule has 2 aromatic rings. The summed E-state index contributed by atoms with van der Waals surface area (Å²) in [4.78, 5) is 1.91. The predicted octanol–water partition coefficient (Wildman–Crippen LogP) is 3.19. The first-order valence-corrected chi connectivity index (χ1v) is 9.91. The topological polar surface area (TPSA) is 40.6 Å². The van der Waals surface area contributed by atoms with Gasteiger partial charge in [-0.2, -0.15) is 4.31 Å². The van der Waals surface area contributed by atoms with E-state index in [2.05, 4.69) is 0 Å². The SMILES string of the molecule is O=S(=O)(c1ccc(Cl)s1)N1CCN(Cc2cc(F)ccc2F)CC1. The third-order valence-electron chi connectivity index (χ3n) is 3.88. The lowest BCUT2D eigenvalue weighted by molar-refractivity contribution is 0.180. The first-order valence-electron chi connectivity index (χ1n) is 7.28. The Morgan fingerprint density at radius 1 is 1.08 bits per heavy atom. The van der Waals surface area contributed by atoms with Crippen molar-refractivity contribution in [3.63, 3.8) is 0 Å². The van der Waals surface area contributed by atoms with E-state index in [-0.39, 0.29) is 16.3 Å². The Morgan fingerprint density at radius 3 is 2.42 bits per heavy atom. The second-order valence-electron chi connectivity index (χ2n) is 5.47. The van der Waals surface area contributed by atoms with Gasteiger partial charge in [-0.25, -0.2) is 17.2 Å². The van der Waals surface area contributed by atoms with Gasteiger partial charge in [0.2, 0.25) is 0 Å². The third kappa shape index (κ3) is 3.78. The molecule has 1 aliphatic rings. The number of piperazine rings is 1. The van der Waals surface area contributed by atoms with Gasteiger partial charge in [-0.1, -0.05) is 11.6 Å². The number of rotatable bonds is 4. The molecule has 24 heavy (non-hydrogen) atoms. The van der Waals surface area contributed by atoms with Crippen LogP contribution in [0.5, 0.6) is 0 Å². The van der Waals surface area contributed by atoms with Gasteiger partial charge in [0.25, 0.3) is 10.0 Å². The Balaban J connectivity index is 1.64. The second-order valence-corrected chi connectivity index (χ2v) is 9.35.